The molecule has 0 saturated heterocycles. The molecule has 1 amide bonds. The monoisotopic (exact) mass is 395 g/mol. The molecule has 0 aliphatic heterocycles. The highest BCUT2D eigenvalue weighted by atomic mass is 32.2. The molecule has 144 valence electrons. The van der Waals surface area contributed by atoms with Gasteiger partial charge in [-0.2, -0.15) is 0 Å². The van der Waals surface area contributed by atoms with Crippen LogP contribution in [0.15, 0.2) is 78.9 Å². The molecular weight excluding hydrogens is 374 g/mol. The third-order valence-electron chi connectivity index (χ3n) is 4.09. The highest BCUT2D eigenvalue weighted by Crippen LogP contribution is 2.22. The maximum absolute atomic E-state index is 12.8. The van der Waals surface area contributed by atoms with Crippen molar-refractivity contribution in [3.05, 3.63) is 95.6 Å². The number of rotatable bonds is 8. The van der Waals surface area contributed by atoms with Gasteiger partial charge in [0.2, 0.25) is 0 Å². The predicted octanol–water partition coefficient (Wildman–Crippen LogP) is 3.78. The fourth-order valence-corrected chi connectivity index (χ4v) is 3.05. The lowest BCUT2D eigenvalue weighted by Crippen LogP contribution is -2.24. The first-order valence-corrected chi connectivity index (χ1v) is 9.84. The first kappa shape index (κ1) is 19.6. The summed E-state index contributed by atoms with van der Waals surface area (Å²) in [5.41, 5.74) is 3.49. The Hall–Kier alpha value is -3.16. The van der Waals surface area contributed by atoms with Crippen molar-refractivity contribution < 1.29 is 13.6 Å². The molecule has 0 fully saturated rings. The van der Waals surface area contributed by atoms with Crippen molar-refractivity contribution >= 4 is 28.5 Å². The summed E-state index contributed by atoms with van der Waals surface area (Å²) in [4.78, 5) is 12.8. The summed E-state index contributed by atoms with van der Waals surface area (Å²) in [7, 11) is 0. The number of hydrogen-bond donors (Lipinski definition) is 4. The van der Waals surface area contributed by atoms with E-state index in [1.165, 1.54) is 0 Å². The topological polar surface area (TPSA) is 90.5 Å². The van der Waals surface area contributed by atoms with Crippen LogP contribution in [0.25, 0.3) is 0 Å². The van der Waals surface area contributed by atoms with Gasteiger partial charge in [0.15, 0.2) is 0 Å². The molecule has 7 heteroatoms. The Morgan fingerprint density at radius 3 is 2.07 bits per heavy atom. The van der Waals surface area contributed by atoms with Gasteiger partial charge in [-0.3, -0.25) is 14.1 Å². The van der Waals surface area contributed by atoms with Gasteiger partial charge in [0.25, 0.3) is 17.2 Å². The molecule has 0 aromatic heterocycles. The van der Waals surface area contributed by atoms with Crippen molar-refractivity contribution in [1.29, 1.82) is 0 Å². The summed E-state index contributed by atoms with van der Waals surface area (Å²) in [6.45, 7) is 0.944. The van der Waals surface area contributed by atoms with Crippen LogP contribution in [0, 0.1) is 0 Å². The Balaban J connectivity index is 1.77. The summed E-state index contributed by atoms with van der Waals surface area (Å²) in [6.07, 6.45) is 0. The van der Waals surface area contributed by atoms with Crippen LogP contribution < -0.4 is 15.4 Å². The van der Waals surface area contributed by atoms with Gasteiger partial charge in [0.1, 0.15) is 0 Å². The second-order valence-corrected chi connectivity index (χ2v) is 6.82. The van der Waals surface area contributed by atoms with E-state index < -0.39 is 11.3 Å². The average Bonchev–Trinajstić information content (AvgIpc) is 2.72. The second kappa shape index (κ2) is 9.68. The summed E-state index contributed by atoms with van der Waals surface area (Å²) >= 11 is -2.21. The molecule has 3 rings (SSSR count). The number of nitrogens with one attached hydrogen (secondary N) is 3. The number of hydrogen-bond acceptors (Lipinski definition) is 3. The Morgan fingerprint density at radius 2 is 1.46 bits per heavy atom. The van der Waals surface area contributed by atoms with E-state index >= 15 is 0 Å². The van der Waals surface area contributed by atoms with Gasteiger partial charge in [-0.05, 0) is 29.3 Å². The van der Waals surface area contributed by atoms with E-state index in [1.807, 2.05) is 60.7 Å². The summed E-state index contributed by atoms with van der Waals surface area (Å²) < 4.78 is 22.5. The van der Waals surface area contributed by atoms with E-state index in [1.54, 1.807) is 18.2 Å². The van der Waals surface area contributed by atoms with Crippen molar-refractivity contribution in [2.45, 2.75) is 13.1 Å². The molecule has 0 aliphatic carbocycles. The van der Waals surface area contributed by atoms with Crippen LogP contribution in [-0.4, -0.2) is 14.7 Å². The minimum atomic E-state index is -2.21. The zero-order valence-electron chi connectivity index (χ0n) is 15.1. The maximum atomic E-state index is 12.8. The molecular formula is C21H21N3O3S. The lowest BCUT2D eigenvalue weighted by atomic mass is 10.1. The van der Waals surface area contributed by atoms with Crippen LogP contribution in [-0.2, 0) is 24.4 Å². The Kier molecular flexibility index (Phi) is 6.78. The number of carbonyl (C=O) groups excluding carboxylic acids is 1. The normalized spacial score (nSPS) is 11.5. The van der Waals surface area contributed by atoms with Crippen LogP contribution in [0.5, 0.6) is 0 Å². The lowest BCUT2D eigenvalue weighted by Gasteiger charge is -2.14. The second-order valence-electron chi connectivity index (χ2n) is 6.12. The van der Waals surface area contributed by atoms with Crippen LogP contribution in [0.3, 0.4) is 0 Å². The quantitative estimate of drug-likeness (QED) is 0.437. The first-order valence-electron chi connectivity index (χ1n) is 8.73. The van der Waals surface area contributed by atoms with Gasteiger partial charge in [0, 0.05) is 24.5 Å². The molecule has 0 heterocycles. The van der Waals surface area contributed by atoms with E-state index in [4.69, 9.17) is 4.55 Å². The molecule has 0 spiro atoms. The molecule has 28 heavy (non-hydrogen) atoms. The minimum Gasteiger partial charge on any atom is -0.380 e. The number of benzene rings is 3. The highest BCUT2D eigenvalue weighted by molar-refractivity contribution is 7.80. The summed E-state index contributed by atoms with van der Waals surface area (Å²) in [5.74, 6) is -0.271. The Morgan fingerprint density at radius 1 is 0.857 bits per heavy atom. The van der Waals surface area contributed by atoms with Gasteiger partial charge in [0.05, 0.1) is 5.56 Å². The largest absolute Gasteiger partial charge is 0.380 e. The van der Waals surface area contributed by atoms with Crippen LogP contribution in [0.4, 0.5) is 11.4 Å². The van der Waals surface area contributed by atoms with Gasteiger partial charge in [-0.15, -0.1) is 0 Å². The number of anilines is 2. The molecule has 1 atom stereocenters. The third-order valence-corrected chi connectivity index (χ3v) is 4.50. The minimum absolute atomic E-state index is 0.271. The van der Waals surface area contributed by atoms with E-state index in [9.17, 15) is 9.00 Å². The van der Waals surface area contributed by atoms with Crippen LogP contribution >= 0.6 is 0 Å². The fourth-order valence-electron chi connectivity index (χ4n) is 2.72. The number of amides is 1. The molecule has 4 N–H and O–H groups in total. The third kappa shape index (κ3) is 5.67. The maximum Gasteiger partial charge on any atom is 0.259 e. The predicted molar refractivity (Wildman–Crippen MR) is 112 cm³/mol. The Bertz CT molecular complexity index is 950. The summed E-state index contributed by atoms with van der Waals surface area (Å²) in [5, 5.41) is 6.15. The first-order chi connectivity index (χ1) is 13.6. The number of carbonyl (C=O) groups is 1. The highest BCUT2D eigenvalue weighted by Gasteiger charge is 2.13. The average molecular weight is 395 g/mol. The van der Waals surface area contributed by atoms with Crippen molar-refractivity contribution in [2.75, 3.05) is 10.0 Å². The zero-order chi connectivity index (χ0) is 19.8. The van der Waals surface area contributed by atoms with Crippen molar-refractivity contribution in [2.24, 2.45) is 0 Å². The molecule has 1 unspecified atom stereocenters. The van der Waals surface area contributed by atoms with Crippen molar-refractivity contribution in [1.82, 2.24) is 5.32 Å². The molecule has 6 nitrogen and oxygen atoms in total. The SMILES string of the molecule is O=C(NCc1ccccc1)c1cc(NS(=O)O)ccc1NCc1ccccc1. The standard InChI is InChI=1S/C21H21N3O3S/c25-21(23-15-17-9-5-2-6-10-17)19-13-18(24-28(26)27)11-12-20(19)22-14-16-7-3-1-4-8-16/h1-13,22,24H,14-15H2,(H,23,25)(H,26,27). The lowest BCUT2D eigenvalue weighted by molar-refractivity contribution is 0.0951. The molecule has 0 radical (unpaired) electrons. The molecule has 0 bridgehead atoms. The zero-order valence-corrected chi connectivity index (χ0v) is 15.9. The molecule has 3 aromatic carbocycles. The molecule has 0 saturated carbocycles. The van der Waals surface area contributed by atoms with E-state index in [0.29, 0.717) is 30.0 Å². The smallest absolute Gasteiger partial charge is 0.259 e. The van der Waals surface area contributed by atoms with E-state index in [0.717, 1.165) is 11.1 Å². The Labute approximate surface area is 166 Å². The summed E-state index contributed by atoms with van der Waals surface area (Å²) in [6, 6.07) is 24.4. The van der Waals surface area contributed by atoms with Crippen molar-refractivity contribution in [3.63, 3.8) is 0 Å². The van der Waals surface area contributed by atoms with Gasteiger partial charge in [-0.25, -0.2) is 4.21 Å². The van der Waals surface area contributed by atoms with Gasteiger partial charge in [-0.1, -0.05) is 60.7 Å². The van der Waals surface area contributed by atoms with Crippen LogP contribution in [0.2, 0.25) is 0 Å². The van der Waals surface area contributed by atoms with E-state index in [2.05, 4.69) is 15.4 Å². The van der Waals surface area contributed by atoms with Crippen molar-refractivity contribution in [3.8, 4) is 0 Å². The van der Waals surface area contributed by atoms with Crippen LogP contribution in [0.1, 0.15) is 21.5 Å². The van der Waals surface area contributed by atoms with Gasteiger partial charge < -0.3 is 10.6 Å². The molecule has 0 aliphatic rings. The van der Waals surface area contributed by atoms with E-state index in [-0.39, 0.29) is 5.91 Å². The molecule has 3 aromatic rings. The van der Waals surface area contributed by atoms with Gasteiger partial charge >= 0.3 is 0 Å². The fraction of sp³-hybridized carbons (Fsp3) is 0.0952.